The van der Waals surface area contributed by atoms with Gasteiger partial charge in [0.2, 0.25) is 5.91 Å². The van der Waals surface area contributed by atoms with Crippen molar-refractivity contribution in [3.8, 4) is 0 Å². The minimum absolute atomic E-state index is 0.0975. The van der Waals surface area contributed by atoms with Gasteiger partial charge in [-0.3, -0.25) is 4.79 Å². The molecule has 0 spiro atoms. The highest BCUT2D eigenvalue weighted by molar-refractivity contribution is 5.90. The standard InChI is InChI=1S/C26H27N3O3/c30-24(29-15-17-32-18-16-29)19-20-11-13-23(14-12-20)27-26(31)28-25(21-7-3-1-4-8-21)22-9-5-2-6-10-22/h1-14,25H,15-19H2,(H2,27,28,31). The maximum atomic E-state index is 12.7. The van der Waals surface area contributed by atoms with Gasteiger partial charge in [0.05, 0.1) is 25.7 Å². The summed E-state index contributed by atoms with van der Waals surface area (Å²) in [4.78, 5) is 27.0. The van der Waals surface area contributed by atoms with Crippen molar-refractivity contribution >= 4 is 17.6 Å². The van der Waals surface area contributed by atoms with Crippen LogP contribution in [-0.2, 0) is 16.0 Å². The number of benzene rings is 3. The molecule has 0 aliphatic carbocycles. The lowest BCUT2D eigenvalue weighted by Crippen LogP contribution is -2.41. The van der Waals surface area contributed by atoms with Crippen molar-refractivity contribution in [2.45, 2.75) is 12.5 Å². The molecule has 1 saturated heterocycles. The van der Waals surface area contributed by atoms with Crippen LogP contribution in [0, 0.1) is 0 Å². The molecule has 2 N–H and O–H groups in total. The maximum absolute atomic E-state index is 12.7. The van der Waals surface area contributed by atoms with Crippen LogP contribution < -0.4 is 10.6 Å². The Morgan fingerprint density at radius 3 is 1.94 bits per heavy atom. The van der Waals surface area contributed by atoms with Gasteiger partial charge >= 0.3 is 6.03 Å². The lowest BCUT2D eigenvalue weighted by atomic mass is 9.99. The monoisotopic (exact) mass is 429 g/mol. The summed E-state index contributed by atoms with van der Waals surface area (Å²) in [6.07, 6.45) is 0.344. The minimum atomic E-state index is -0.292. The van der Waals surface area contributed by atoms with Crippen LogP contribution in [0.4, 0.5) is 10.5 Å². The second-order valence-electron chi connectivity index (χ2n) is 7.72. The third-order valence-electron chi connectivity index (χ3n) is 5.47. The van der Waals surface area contributed by atoms with Gasteiger partial charge in [0.1, 0.15) is 0 Å². The van der Waals surface area contributed by atoms with Crippen molar-refractivity contribution in [3.63, 3.8) is 0 Å². The SMILES string of the molecule is O=C(Nc1ccc(CC(=O)N2CCOCC2)cc1)NC(c1ccccc1)c1ccccc1. The third kappa shape index (κ3) is 5.74. The van der Waals surface area contributed by atoms with Gasteiger partial charge in [-0.15, -0.1) is 0 Å². The highest BCUT2D eigenvalue weighted by Gasteiger charge is 2.18. The summed E-state index contributed by atoms with van der Waals surface area (Å²) < 4.78 is 5.30. The largest absolute Gasteiger partial charge is 0.378 e. The van der Waals surface area contributed by atoms with Crippen molar-refractivity contribution in [1.29, 1.82) is 0 Å². The number of ether oxygens (including phenoxy) is 1. The van der Waals surface area contributed by atoms with Gasteiger partial charge in [0.15, 0.2) is 0 Å². The highest BCUT2D eigenvalue weighted by atomic mass is 16.5. The van der Waals surface area contributed by atoms with Crippen molar-refractivity contribution in [3.05, 3.63) is 102 Å². The predicted octanol–water partition coefficient (Wildman–Crippen LogP) is 4.00. The molecule has 4 rings (SSSR count). The Morgan fingerprint density at radius 2 is 1.38 bits per heavy atom. The molecule has 1 aliphatic rings. The topological polar surface area (TPSA) is 70.7 Å². The number of carbonyl (C=O) groups excluding carboxylic acids is 2. The van der Waals surface area contributed by atoms with Gasteiger partial charge in [-0.2, -0.15) is 0 Å². The number of rotatable bonds is 6. The first-order valence-corrected chi connectivity index (χ1v) is 10.8. The van der Waals surface area contributed by atoms with Crippen molar-refractivity contribution in [2.75, 3.05) is 31.6 Å². The molecule has 3 amide bonds. The lowest BCUT2D eigenvalue weighted by Gasteiger charge is -2.26. The van der Waals surface area contributed by atoms with Crippen LogP contribution in [0.25, 0.3) is 0 Å². The maximum Gasteiger partial charge on any atom is 0.319 e. The second kappa shape index (κ2) is 10.6. The first-order valence-electron chi connectivity index (χ1n) is 10.8. The first-order chi connectivity index (χ1) is 15.7. The highest BCUT2D eigenvalue weighted by Crippen LogP contribution is 2.22. The van der Waals surface area contributed by atoms with Crippen LogP contribution in [-0.4, -0.2) is 43.1 Å². The summed E-state index contributed by atoms with van der Waals surface area (Å²) in [7, 11) is 0. The Bertz CT molecular complexity index is 978. The molecule has 0 radical (unpaired) electrons. The summed E-state index contributed by atoms with van der Waals surface area (Å²) in [5, 5.41) is 5.96. The Kier molecular flexibility index (Phi) is 7.15. The van der Waals surface area contributed by atoms with E-state index in [1.807, 2.05) is 89.8 Å². The second-order valence-corrected chi connectivity index (χ2v) is 7.72. The van der Waals surface area contributed by atoms with Crippen LogP contribution in [0.5, 0.6) is 0 Å². The molecule has 0 saturated carbocycles. The smallest absolute Gasteiger partial charge is 0.319 e. The van der Waals surface area contributed by atoms with E-state index in [0.29, 0.717) is 38.4 Å². The number of amides is 3. The molecular formula is C26H27N3O3. The molecule has 1 fully saturated rings. The van der Waals surface area contributed by atoms with E-state index in [1.54, 1.807) is 0 Å². The van der Waals surface area contributed by atoms with Crippen LogP contribution in [0.2, 0.25) is 0 Å². The Labute approximate surface area is 188 Å². The Balaban J connectivity index is 1.38. The number of carbonyl (C=O) groups is 2. The van der Waals surface area contributed by atoms with E-state index in [-0.39, 0.29) is 18.0 Å². The molecular weight excluding hydrogens is 402 g/mol. The molecule has 1 aliphatic heterocycles. The van der Waals surface area contributed by atoms with E-state index in [9.17, 15) is 9.59 Å². The molecule has 3 aromatic rings. The van der Waals surface area contributed by atoms with E-state index in [0.717, 1.165) is 16.7 Å². The first kappa shape index (κ1) is 21.6. The van der Waals surface area contributed by atoms with E-state index in [4.69, 9.17) is 4.74 Å². The molecule has 3 aromatic carbocycles. The molecule has 6 nitrogen and oxygen atoms in total. The van der Waals surface area contributed by atoms with Gasteiger partial charge in [0.25, 0.3) is 0 Å². The lowest BCUT2D eigenvalue weighted by molar-refractivity contribution is -0.134. The minimum Gasteiger partial charge on any atom is -0.378 e. The molecule has 0 aromatic heterocycles. The average molecular weight is 430 g/mol. The molecule has 0 bridgehead atoms. The van der Waals surface area contributed by atoms with Gasteiger partial charge in [-0.1, -0.05) is 72.8 Å². The fourth-order valence-electron chi connectivity index (χ4n) is 3.75. The fourth-order valence-corrected chi connectivity index (χ4v) is 3.75. The van der Waals surface area contributed by atoms with Gasteiger partial charge in [0, 0.05) is 18.8 Å². The van der Waals surface area contributed by atoms with E-state index >= 15 is 0 Å². The van der Waals surface area contributed by atoms with Gasteiger partial charge < -0.3 is 20.3 Å². The number of hydrogen-bond acceptors (Lipinski definition) is 3. The van der Waals surface area contributed by atoms with Crippen molar-refractivity contribution < 1.29 is 14.3 Å². The van der Waals surface area contributed by atoms with Crippen LogP contribution in [0.1, 0.15) is 22.7 Å². The average Bonchev–Trinajstić information content (AvgIpc) is 2.85. The van der Waals surface area contributed by atoms with Crippen molar-refractivity contribution in [1.82, 2.24) is 10.2 Å². The number of anilines is 1. The Hall–Kier alpha value is -3.64. The molecule has 6 heteroatoms. The molecule has 164 valence electrons. The van der Waals surface area contributed by atoms with Crippen molar-refractivity contribution in [2.24, 2.45) is 0 Å². The number of nitrogens with zero attached hydrogens (tertiary/aromatic N) is 1. The number of morpholine rings is 1. The fraction of sp³-hybridized carbons (Fsp3) is 0.231. The van der Waals surface area contributed by atoms with Gasteiger partial charge in [-0.25, -0.2) is 4.79 Å². The van der Waals surface area contributed by atoms with E-state index in [2.05, 4.69) is 10.6 Å². The summed E-state index contributed by atoms with van der Waals surface area (Å²) in [5.74, 6) is 0.0975. The normalized spacial score (nSPS) is 13.6. The van der Waals surface area contributed by atoms with E-state index < -0.39 is 0 Å². The molecule has 0 unspecified atom stereocenters. The summed E-state index contributed by atoms with van der Waals surface area (Å²) in [6.45, 7) is 2.47. The summed E-state index contributed by atoms with van der Waals surface area (Å²) in [6, 6.07) is 26.6. The molecule has 0 atom stereocenters. The quantitative estimate of drug-likeness (QED) is 0.622. The predicted molar refractivity (Wildman–Crippen MR) is 124 cm³/mol. The zero-order valence-corrected chi connectivity index (χ0v) is 17.9. The zero-order chi connectivity index (χ0) is 22.2. The van der Waals surface area contributed by atoms with Crippen LogP contribution in [0.15, 0.2) is 84.9 Å². The molecule has 32 heavy (non-hydrogen) atoms. The van der Waals surface area contributed by atoms with Gasteiger partial charge in [-0.05, 0) is 28.8 Å². The van der Waals surface area contributed by atoms with Crippen LogP contribution in [0.3, 0.4) is 0 Å². The number of nitrogens with one attached hydrogen (secondary N) is 2. The zero-order valence-electron chi connectivity index (χ0n) is 17.9. The van der Waals surface area contributed by atoms with E-state index in [1.165, 1.54) is 0 Å². The Morgan fingerprint density at radius 1 is 0.812 bits per heavy atom. The third-order valence-corrected chi connectivity index (χ3v) is 5.47. The summed E-state index contributed by atoms with van der Waals surface area (Å²) in [5.41, 5.74) is 3.60. The number of hydrogen-bond donors (Lipinski definition) is 2. The van der Waals surface area contributed by atoms with Crippen LogP contribution >= 0.6 is 0 Å². The number of urea groups is 1. The summed E-state index contributed by atoms with van der Waals surface area (Å²) >= 11 is 0. The molecule has 1 heterocycles.